The van der Waals surface area contributed by atoms with E-state index in [-0.39, 0.29) is 24.2 Å². The minimum atomic E-state index is -0.450. The molecule has 0 radical (unpaired) electrons. The van der Waals surface area contributed by atoms with Crippen molar-refractivity contribution >= 4 is 17.2 Å². The maximum Gasteiger partial charge on any atom is 0.244 e. The molecular formula is C16H24N2O2S. The van der Waals surface area contributed by atoms with Gasteiger partial charge in [-0.05, 0) is 55.5 Å². The van der Waals surface area contributed by atoms with Gasteiger partial charge in [0.15, 0.2) is 0 Å². The first kappa shape index (κ1) is 15.0. The minimum absolute atomic E-state index is 0.00370. The van der Waals surface area contributed by atoms with Gasteiger partial charge in [0, 0.05) is 12.6 Å². The van der Waals surface area contributed by atoms with Gasteiger partial charge in [-0.25, -0.2) is 0 Å². The normalized spacial score (nSPS) is 37.2. The minimum Gasteiger partial charge on any atom is -0.378 e. The van der Waals surface area contributed by atoms with E-state index in [1.165, 1.54) is 5.56 Å². The number of hydrogen-bond acceptors (Lipinski definition) is 4. The van der Waals surface area contributed by atoms with Crippen LogP contribution in [0.2, 0.25) is 0 Å². The Hall–Kier alpha value is -0.910. The Kier molecular flexibility index (Phi) is 4.08. The van der Waals surface area contributed by atoms with E-state index in [9.17, 15) is 4.79 Å². The van der Waals surface area contributed by atoms with E-state index < -0.39 is 5.54 Å². The zero-order valence-electron chi connectivity index (χ0n) is 13.0. The third-order valence-corrected chi connectivity index (χ3v) is 5.56. The molecule has 2 fully saturated rings. The van der Waals surface area contributed by atoms with Crippen molar-refractivity contribution in [2.45, 2.75) is 63.9 Å². The Morgan fingerprint density at radius 3 is 3.00 bits per heavy atom. The molecule has 2 aliphatic heterocycles. The zero-order chi connectivity index (χ0) is 15.0. The lowest BCUT2D eigenvalue weighted by molar-refractivity contribution is -0.138. The quantitative estimate of drug-likeness (QED) is 0.933. The van der Waals surface area contributed by atoms with Crippen molar-refractivity contribution < 1.29 is 9.53 Å². The lowest BCUT2D eigenvalue weighted by Gasteiger charge is -2.37. The van der Waals surface area contributed by atoms with Crippen LogP contribution in [0.1, 0.15) is 51.8 Å². The predicted octanol–water partition coefficient (Wildman–Crippen LogP) is 2.91. The third-order valence-electron chi connectivity index (χ3n) is 4.86. The third kappa shape index (κ3) is 2.62. The smallest absolute Gasteiger partial charge is 0.244 e. The van der Waals surface area contributed by atoms with Gasteiger partial charge in [0.05, 0.1) is 11.6 Å². The van der Waals surface area contributed by atoms with Crippen LogP contribution in [0.5, 0.6) is 0 Å². The van der Waals surface area contributed by atoms with Crippen molar-refractivity contribution in [3.05, 3.63) is 22.4 Å². The van der Waals surface area contributed by atoms with E-state index in [0.29, 0.717) is 0 Å². The molecule has 1 aromatic heterocycles. The predicted molar refractivity (Wildman–Crippen MR) is 84.2 cm³/mol. The van der Waals surface area contributed by atoms with E-state index in [4.69, 9.17) is 4.74 Å². The van der Waals surface area contributed by atoms with E-state index in [1.807, 2.05) is 6.92 Å². The number of carbonyl (C=O) groups excluding carboxylic acids is 1. The molecule has 3 rings (SSSR count). The molecule has 5 heteroatoms. The molecule has 0 spiro atoms. The summed E-state index contributed by atoms with van der Waals surface area (Å²) in [6, 6.07) is 2.39. The van der Waals surface area contributed by atoms with Crippen LogP contribution in [-0.2, 0) is 9.53 Å². The van der Waals surface area contributed by atoms with Crippen molar-refractivity contribution in [2.24, 2.45) is 0 Å². The summed E-state index contributed by atoms with van der Waals surface area (Å²) in [5.41, 5.74) is 0.749. The molecule has 2 saturated heterocycles. The van der Waals surface area contributed by atoms with Gasteiger partial charge in [-0.1, -0.05) is 6.92 Å². The van der Waals surface area contributed by atoms with Crippen LogP contribution in [0, 0.1) is 0 Å². The maximum absolute atomic E-state index is 13.0. The summed E-state index contributed by atoms with van der Waals surface area (Å²) in [4.78, 5) is 15.1. The number of thiophene rings is 1. The highest BCUT2D eigenvalue weighted by molar-refractivity contribution is 7.07. The number of ether oxygens (including phenoxy) is 1. The van der Waals surface area contributed by atoms with Gasteiger partial charge in [0.25, 0.3) is 0 Å². The summed E-state index contributed by atoms with van der Waals surface area (Å²) in [6.45, 7) is 6.94. The number of amides is 1. The van der Waals surface area contributed by atoms with Gasteiger partial charge in [0.1, 0.15) is 6.17 Å². The summed E-state index contributed by atoms with van der Waals surface area (Å²) in [5.74, 6) is 0.236. The Bertz CT molecular complexity index is 504. The average Bonchev–Trinajstić information content (AvgIpc) is 3.07. The molecule has 4 unspecified atom stereocenters. The molecule has 21 heavy (non-hydrogen) atoms. The van der Waals surface area contributed by atoms with Crippen LogP contribution in [0.25, 0.3) is 0 Å². The van der Waals surface area contributed by atoms with Crippen LogP contribution in [0.3, 0.4) is 0 Å². The van der Waals surface area contributed by atoms with Gasteiger partial charge in [-0.2, -0.15) is 11.3 Å². The molecule has 0 aromatic carbocycles. The Morgan fingerprint density at radius 2 is 2.38 bits per heavy atom. The number of nitrogens with zero attached hydrogens (tertiary/aromatic N) is 1. The molecule has 4 atom stereocenters. The van der Waals surface area contributed by atoms with E-state index >= 15 is 0 Å². The van der Waals surface area contributed by atoms with Crippen molar-refractivity contribution in [1.29, 1.82) is 0 Å². The maximum atomic E-state index is 13.0. The Balaban J connectivity index is 1.91. The topological polar surface area (TPSA) is 41.6 Å². The standard InChI is InChI=1S/C16H24N2O2S/c1-4-16(3)15(19)18(13-5-7-20-11(2)9-13)14(17-16)12-6-8-21-10-12/h6,8,10-11,13-14,17H,4-5,7,9H2,1-3H3. The molecule has 0 saturated carbocycles. The molecule has 3 heterocycles. The zero-order valence-corrected chi connectivity index (χ0v) is 13.8. The van der Waals surface area contributed by atoms with Crippen LogP contribution in [0.15, 0.2) is 16.8 Å². The molecule has 0 bridgehead atoms. The average molecular weight is 308 g/mol. The van der Waals surface area contributed by atoms with Crippen molar-refractivity contribution in [1.82, 2.24) is 10.2 Å². The van der Waals surface area contributed by atoms with Gasteiger partial charge >= 0.3 is 0 Å². The van der Waals surface area contributed by atoms with E-state index in [2.05, 4.69) is 40.9 Å². The number of hydrogen-bond donors (Lipinski definition) is 1. The number of rotatable bonds is 3. The SMILES string of the molecule is CCC1(C)NC(c2ccsc2)N(C2CCOC(C)C2)C1=O. The highest BCUT2D eigenvalue weighted by Gasteiger charge is 2.50. The first-order chi connectivity index (χ1) is 10.0. The lowest BCUT2D eigenvalue weighted by Crippen LogP contribution is -2.47. The van der Waals surface area contributed by atoms with E-state index in [0.717, 1.165) is 25.9 Å². The highest BCUT2D eigenvalue weighted by Crippen LogP contribution is 2.37. The second kappa shape index (κ2) is 5.71. The molecule has 116 valence electrons. The molecule has 0 aliphatic carbocycles. The number of nitrogens with one attached hydrogen (secondary N) is 1. The summed E-state index contributed by atoms with van der Waals surface area (Å²) in [7, 11) is 0. The second-order valence-electron chi connectivity index (χ2n) is 6.36. The first-order valence-corrected chi connectivity index (χ1v) is 8.73. The molecular weight excluding hydrogens is 284 g/mol. The monoisotopic (exact) mass is 308 g/mol. The summed E-state index contributed by atoms with van der Waals surface area (Å²) >= 11 is 1.68. The Morgan fingerprint density at radius 1 is 1.57 bits per heavy atom. The van der Waals surface area contributed by atoms with Crippen LogP contribution in [-0.4, -0.2) is 35.1 Å². The summed E-state index contributed by atoms with van der Waals surface area (Å²) < 4.78 is 5.65. The van der Waals surface area contributed by atoms with Gasteiger partial charge in [0.2, 0.25) is 5.91 Å². The summed E-state index contributed by atoms with van der Waals surface area (Å²) in [6.07, 6.45) is 2.89. The lowest BCUT2D eigenvalue weighted by atomic mass is 9.97. The molecule has 1 aromatic rings. The first-order valence-electron chi connectivity index (χ1n) is 7.79. The van der Waals surface area contributed by atoms with Gasteiger partial charge in [-0.3, -0.25) is 10.1 Å². The summed E-state index contributed by atoms with van der Waals surface area (Å²) in [5, 5.41) is 7.79. The van der Waals surface area contributed by atoms with Gasteiger partial charge in [-0.15, -0.1) is 0 Å². The number of carbonyl (C=O) groups is 1. The van der Waals surface area contributed by atoms with E-state index in [1.54, 1.807) is 11.3 Å². The second-order valence-corrected chi connectivity index (χ2v) is 7.14. The van der Waals surface area contributed by atoms with Crippen molar-refractivity contribution in [3.8, 4) is 0 Å². The van der Waals surface area contributed by atoms with Crippen LogP contribution in [0.4, 0.5) is 0 Å². The van der Waals surface area contributed by atoms with Crippen molar-refractivity contribution in [2.75, 3.05) is 6.61 Å². The molecule has 1 amide bonds. The van der Waals surface area contributed by atoms with Gasteiger partial charge < -0.3 is 9.64 Å². The largest absolute Gasteiger partial charge is 0.378 e. The fraction of sp³-hybridized carbons (Fsp3) is 0.688. The fourth-order valence-electron chi connectivity index (χ4n) is 3.37. The highest BCUT2D eigenvalue weighted by atomic mass is 32.1. The van der Waals surface area contributed by atoms with Crippen LogP contribution < -0.4 is 5.32 Å². The molecule has 4 nitrogen and oxygen atoms in total. The molecule has 2 aliphatic rings. The van der Waals surface area contributed by atoms with Crippen LogP contribution >= 0.6 is 11.3 Å². The Labute approximate surface area is 130 Å². The fourth-order valence-corrected chi connectivity index (χ4v) is 4.05. The molecule has 1 N–H and O–H groups in total. The van der Waals surface area contributed by atoms with Crippen molar-refractivity contribution in [3.63, 3.8) is 0 Å².